The van der Waals surface area contributed by atoms with E-state index in [2.05, 4.69) is 20.7 Å². The van der Waals surface area contributed by atoms with Crippen molar-refractivity contribution in [2.24, 2.45) is 7.05 Å². The monoisotopic (exact) mass is 433 g/mol. The summed E-state index contributed by atoms with van der Waals surface area (Å²) in [4.78, 5) is 30.2. The van der Waals surface area contributed by atoms with Crippen molar-refractivity contribution in [2.45, 2.75) is 39.7 Å². The SMILES string of the molecule is Cc1nc(-c2c(C)c(C)nn(C)c2=O)sc1C(=O)N[C@H]1CCCNC1.Cl.Cl. The van der Waals surface area contributed by atoms with Gasteiger partial charge >= 0.3 is 0 Å². The molecule has 3 rings (SSSR count). The van der Waals surface area contributed by atoms with Crippen LogP contribution in [-0.4, -0.2) is 39.8 Å². The summed E-state index contributed by atoms with van der Waals surface area (Å²) in [5.74, 6) is -0.116. The number of aryl methyl sites for hydroxylation is 3. The zero-order chi connectivity index (χ0) is 18.1. The van der Waals surface area contributed by atoms with Crippen molar-refractivity contribution in [3.8, 4) is 10.6 Å². The van der Waals surface area contributed by atoms with E-state index in [9.17, 15) is 9.59 Å². The van der Waals surface area contributed by atoms with E-state index in [-0.39, 0.29) is 42.3 Å². The van der Waals surface area contributed by atoms with Crippen molar-refractivity contribution in [1.29, 1.82) is 0 Å². The van der Waals surface area contributed by atoms with E-state index in [4.69, 9.17) is 0 Å². The van der Waals surface area contributed by atoms with Crippen molar-refractivity contribution >= 4 is 42.1 Å². The van der Waals surface area contributed by atoms with Crippen LogP contribution in [0.15, 0.2) is 4.79 Å². The molecule has 1 aliphatic rings. The van der Waals surface area contributed by atoms with E-state index in [1.54, 1.807) is 7.05 Å². The predicted molar refractivity (Wildman–Crippen MR) is 113 cm³/mol. The summed E-state index contributed by atoms with van der Waals surface area (Å²) >= 11 is 1.27. The molecule has 7 nitrogen and oxygen atoms in total. The van der Waals surface area contributed by atoms with Crippen molar-refractivity contribution in [1.82, 2.24) is 25.4 Å². The lowest BCUT2D eigenvalue weighted by atomic mass is 10.1. The zero-order valence-corrected chi connectivity index (χ0v) is 18.2. The number of thiazole rings is 1. The first-order valence-electron chi connectivity index (χ1n) is 8.42. The summed E-state index contributed by atoms with van der Waals surface area (Å²) < 4.78 is 1.32. The van der Waals surface area contributed by atoms with Gasteiger partial charge in [-0.05, 0) is 45.7 Å². The molecule has 3 heterocycles. The topological polar surface area (TPSA) is 88.9 Å². The molecule has 0 aliphatic carbocycles. The number of aromatic nitrogens is 3. The minimum Gasteiger partial charge on any atom is -0.347 e. The molecule has 150 valence electrons. The van der Waals surface area contributed by atoms with Gasteiger partial charge in [-0.3, -0.25) is 9.59 Å². The minimum atomic E-state index is -0.194. The Balaban J connectivity index is 0.00000182. The zero-order valence-electron chi connectivity index (χ0n) is 15.8. The Labute approximate surface area is 174 Å². The van der Waals surface area contributed by atoms with Gasteiger partial charge in [0.1, 0.15) is 9.88 Å². The third-order valence-electron chi connectivity index (χ3n) is 4.57. The summed E-state index contributed by atoms with van der Waals surface area (Å²) in [6, 6.07) is 0.143. The Kier molecular flexibility index (Phi) is 8.41. The fourth-order valence-electron chi connectivity index (χ4n) is 3.04. The van der Waals surface area contributed by atoms with Crippen LogP contribution in [0.4, 0.5) is 0 Å². The summed E-state index contributed by atoms with van der Waals surface area (Å²) in [6.07, 6.45) is 2.04. The van der Waals surface area contributed by atoms with Crippen molar-refractivity contribution in [3.63, 3.8) is 0 Å². The van der Waals surface area contributed by atoms with Gasteiger partial charge in [-0.1, -0.05) is 0 Å². The quantitative estimate of drug-likeness (QED) is 0.773. The fourth-order valence-corrected chi connectivity index (χ4v) is 4.10. The lowest BCUT2D eigenvalue weighted by Crippen LogP contribution is -2.45. The van der Waals surface area contributed by atoms with Crippen molar-refractivity contribution in [3.05, 3.63) is 32.2 Å². The highest BCUT2D eigenvalue weighted by atomic mass is 35.5. The van der Waals surface area contributed by atoms with E-state index < -0.39 is 0 Å². The van der Waals surface area contributed by atoms with Gasteiger partial charge in [0.2, 0.25) is 0 Å². The lowest BCUT2D eigenvalue weighted by Gasteiger charge is -2.23. The molecular formula is C17H25Cl2N5O2S. The second-order valence-corrected chi connectivity index (χ2v) is 7.46. The maximum atomic E-state index is 12.6. The second-order valence-electron chi connectivity index (χ2n) is 6.46. The van der Waals surface area contributed by atoms with E-state index in [1.807, 2.05) is 20.8 Å². The van der Waals surface area contributed by atoms with Crippen LogP contribution >= 0.6 is 36.2 Å². The summed E-state index contributed by atoms with van der Waals surface area (Å²) in [7, 11) is 1.63. The van der Waals surface area contributed by atoms with Gasteiger partial charge < -0.3 is 10.6 Å². The normalized spacial score (nSPS) is 16.2. The average molecular weight is 434 g/mol. The second kappa shape index (κ2) is 9.64. The highest BCUT2D eigenvalue weighted by molar-refractivity contribution is 7.17. The standard InChI is InChI=1S/C17H23N5O2S.2ClH/c1-9-10(2)21-22(4)17(24)13(9)16-19-11(3)14(25-16)15(23)20-12-6-5-7-18-8-12;;/h12,18H,5-8H2,1-4H3,(H,20,23);2*1H/t12-;;/m0../s1. The molecule has 0 radical (unpaired) electrons. The van der Waals surface area contributed by atoms with Crippen LogP contribution in [0.5, 0.6) is 0 Å². The molecule has 1 aliphatic heterocycles. The smallest absolute Gasteiger partial charge is 0.277 e. The van der Waals surface area contributed by atoms with E-state index in [0.29, 0.717) is 21.1 Å². The van der Waals surface area contributed by atoms with E-state index in [1.165, 1.54) is 16.0 Å². The molecule has 2 aromatic heterocycles. The molecule has 0 unspecified atom stereocenters. The Hall–Kier alpha value is -1.48. The average Bonchev–Trinajstić information content (AvgIpc) is 2.96. The predicted octanol–water partition coefficient (Wildman–Crippen LogP) is 2.15. The lowest BCUT2D eigenvalue weighted by molar-refractivity contribution is 0.0934. The summed E-state index contributed by atoms with van der Waals surface area (Å²) in [5.41, 5.74) is 2.57. The summed E-state index contributed by atoms with van der Waals surface area (Å²) in [5, 5.41) is 11.1. The van der Waals surface area contributed by atoms with E-state index >= 15 is 0 Å². The summed E-state index contributed by atoms with van der Waals surface area (Å²) in [6.45, 7) is 7.33. The molecule has 2 aromatic rings. The number of rotatable bonds is 3. The maximum Gasteiger partial charge on any atom is 0.277 e. The van der Waals surface area contributed by atoms with Crippen LogP contribution in [-0.2, 0) is 7.05 Å². The number of hydrogen-bond acceptors (Lipinski definition) is 6. The Morgan fingerprint density at radius 2 is 1.96 bits per heavy atom. The number of carbonyl (C=O) groups excluding carboxylic acids is 1. The Bertz CT molecular complexity index is 875. The third-order valence-corrected chi connectivity index (χ3v) is 5.75. The fraction of sp³-hybridized carbons (Fsp3) is 0.529. The Morgan fingerprint density at radius 3 is 2.59 bits per heavy atom. The van der Waals surface area contributed by atoms with Gasteiger partial charge in [0.25, 0.3) is 11.5 Å². The molecule has 1 amide bonds. The molecular weight excluding hydrogens is 409 g/mol. The molecule has 1 saturated heterocycles. The first-order valence-corrected chi connectivity index (χ1v) is 9.24. The van der Waals surface area contributed by atoms with Gasteiger partial charge in [-0.2, -0.15) is 5.10 Å². The number of nitrogens with one attached hydrogen (secondary N) is 2. The van der Waals surface area contributed by atoms with Crippen LogP contribution in [0, 0.1) is 20.8 Å². The van der Waals surface area contributed by atoms with Crippen LogP contribution in [0.25, 0.3) is 10.6 Å². The number of carbonyl (C=O) groups is 1. The first-order chi connectivity index (χ1) is 11.9. The molecule has 10 heteroatoms. The van der Waals surface area contributed by atoms with Crippen molar-refractivity contribution in [2.75, 3.05) is 13.1 Å². The maximum absolute atomic E-state index is 12.6. The first kappa shape index (κ1) is 23.6. The van der Waals surface area contributed by atoms with Crippen molar-refractivity contribution < 1.29 is 4.79 Å². The molecule has 2 N–H and O–H groups in total. The highest BCUT2D eigenvalue weighted by Gasteiger charge is 2.23. The third kappa shape index (κ3) is 4.87. The number of hydrogen-bond donors (Lipinski definition) is 2. The number of amides is 1. The van der Waals surface area contributed by atoms with Gasteiger partial charge in [-0.25, -0.2) is 9.67 Å². The minimum absolute atomic E-state index is 0. The Morgan fingerprint density at radius 1 is 1.26 bits per heavy atom. The molecule has 0 saturated carbocycles. The van der Waals surface area contributed by atoms with Gasteiger partial charge in [-0.15, -0.1) is 36.2 Å². The molecule has 0 aromatic carbocycles. The van der Waals surface area contributed by atoms with Gasteiger partial charge in [0, 0.05) is 19.6 Å². The van der Waals surface area contributed by atoms with Crippen LogP contribution in [0.3, 0.4) is 0 Å². The van der Waals surface area contributed by atoms with Crippen LogP contribution < -0.4 is 16.2 Å². The van der Waals surface area contributed by atoms with Crippen LogP contribution in [0.1, 0.15) is 39.5 Å². The van der Waals surface area contributed by atoms with Crippen LogP contribution in [0.2, 0.25) is 0 Å². The largest absolute Gasteiger partial charge is 0.347 e. The molecule has 1 fully saturated rings. The van der Waals surface area contributed by atoms with E-state index in [0.717, 1.165) is 37.2 Å². The van der Waals surface area contributed by atoms with Gasteiger partial charge in [0.15, 0.2) is 0 Å². The number of halogens is 2. The molecule has 0 spiro atoms. The molecule has 1 atom stereocenters. The molecule has 0 bridgehead atoms. The number of nitrogens with zero attached hydrogens (tertiary/aromatic N) is 3. The van der Waals surface area contributed by atoms with Gasteiger partial charge in [0.05, 0.1) is 17.0 Å². The highest BCUT2D eigenvalue weighted by Crippen LogP contribution is 2.28. The number of piperidine rings is 1. The molecule has 27 heavy (non-hydrogen) atoms.